The molecule has 0 saturated carbocycles. The molecule has 2 aromatic rings. The molecule has 2 aromatic carbocycles. The number of nitrogens with zero attached hydrogens (tertiary/aromatic N) is 1. The van der Waals surface area contributed by atoms with Gasteiger partial charge in [0.25, 0.3) is 5.91 Å². The molecule has 0 saturated heterocycles. The quantitative estimate of drug-likeness (QED) is 0.438. The van der Waals surface area contributed by atoms with Crippen molar-refractivity contribution < 1.29 is 14.3 Å². The third kappa shape index (κ3) is 7.73. The Hall–Kier alpha value is -1.66. The van der Waals surface area contributed by atoms with E-state index in [1.165, 1.54) is 11.0 Å². The summed E-state index contributed by atoms with van der Waals surface area (Å²) in [5.74, 6) is -0.304. The van der Waals surface area contributed by atoms with Crippen molar-refractivity contribution >= 4 is 58.2 Å². The van der Waals surface area contributed by atoms with Gasteiger partial charge in [0, 0.05) is 17.1 Å². The van der Waals surface area contributed by atoms with Crippen molar-refractivity contribution in [3.63, 3.8) is 0 Å². The summed E-state index contributed by atoms with van der Waals surface area (Å²) in [6.45, 7) is 7.35. The third-order valence-electron chi connectivity index (χ3n) is 4.47. The second kappa shape index (κ2) is 11.5. The number of rotatable bonds is 8. The number of halogens is 4. The van der Waals surface area contributed by atoms with Gasteiger partial charge in [-0.05, 0) is 63.1 Å². The predicted octanol–water partition coefficient (Wildman–Crippen LogP) is 6.40. The van der Waals surface area contributed by atoms with Crippen LogP contribution in [0.4, 0.5) is 0 Å². The first-order valence-electron chi connectivity index (χ1n) is 10.0. The maximum absolute atomic E-state index is 13.2. The molecule has 0 aliphatic carbocycles. The Bertz CT molecular complexity index is 976. The van der Waals surface area contributed by atoms with Crippen molar-refractivity contribution in [3.8, 4) is 5.75 Å². The van der Waals surface area contributed by atoms with Gasteiger partial charge in [-0.15, -0.1) is 0 Å². The first kappa shape index (κ1) is 26.6. The van der Waals surface area contributed by atoms with Gasteiger partial charge in [0.1, 0.15) is 11.8 Å². The minimum absolute atomic E-state index is 0.156. The average molecular weight is 520 g/mol. The summed E-state index contributed by atoms with van der Waals surface area (Å²) in [5, 5.41) is 4.47. The zero-order chi connectivity index (χ0) is 24.1. The molecule has 0 bridgehead atoms. The van der Waals surface area contributed by atoms with E-state index in [0.717, 1.165) is 5.56 Å². The highest BCUT2D eigenvalue weighted by atomic mass is 35.5. The van der Waals surface area contributed by atoms with Gasteiger partial charge in [0.15, 0.2) is 6.61 Å². The van der Waals surface area contributed by atoms with E-state index >= 15 is 0 Å². The van der Waals surface area contributed by atoms with Crippen molar-refractivity contribution in [1.82, 2.24) is 10.2 Å². The highest BCUT2D eigenvalue weighted by molar-refractivity contribution is 6.42. The second-order valence-corrected chi connectivity index (χ2v) is 9.95. The molecule has 1 atom stereocenters. The summed E-state index contributed by atoms with van der Waals surface area (Å²) in [5.41, 5.74) is 0.287. The number of amides is 2. The van der Waals surface area contributed by atoms with Gasteiger partial charge in [-0.1, -0.05) is 59.4 Å². The normalized spacial score (nSPS) is 12.2. The zero-order valence-electron chi connectivity index (χ0n) is 18.3. The van der Waals surface area contributed by atoms with Gasteiger partial charge in [-0.25, -0.2) is 0 Å². The highest BCUT2D eigenvalue weighted by Crippen LogP contribution is 2.28. The SMILES string of the molecule is CCC(C(=O)NC(C)(C)C)N(Cc1ccc(Cl)c(Cl)c1)C(=O)COc1ccc(Cl)cc1Cl. The molecular weight excluding hydrogens is 494 g/mol. The molecule has 0 spiro atoms. The molecule has 2 rings (SSSR count). The number of carbonyl (C=O) groups excluding carboxylic acids is 2. The van der Waals surface area contributed by atoms with Crippen LogP contribution in [0.25, 0.3) is 0 Å². The van der Waals surface area contributed by atoms with Crippen LogP contribution < -0.4 is 10.1 Å². The molecule has 1 unspecified atom stereocenters. The van der Waals surface area contributed by atoms with Crippen LogP contribution in [0.1, 0.15) is 39.7 Å². The molecule has 5 nitrogen and oxygen atoms in total. The molecule has 0 aliphatic heterocycles. The predicted molar refractivity (Wildman–Crippen MR) is 131 cm³/mol. The Balaban J connectivity index is 2.29. The van der Waals surface area contributed by atoms with Crippen LogP contribution in [0.5, 0.6) is 5.75 Å². The van der Waals surface area contributed by atoms with Crippen molar-refractivity contribution in [3.05, 3.63) is 62.1 Å². The first-order valence-corrected chi connectivity index (χ1v) is 11.6. The fraction of sp³-hybridized carbons (Fsp3) is 0.391. The molecule has 0 aliphatic rings. The van der Waals surface area contributed by atoms with Crippen LogP contribution in [0.2, 0.25) is 20.1 Å². The van der Waals surface area contributed by atoms with Crippen LogP contribution in [-0.4, -0.2) is 34.9 Å². The highest BCUT2D eigenvalue weighted by Gasteiger charge is 2.31. The molecule has 0 radical (unpaired) electrons. The fourth-order valence-electron chi connectivity index (χ4n) is 3.02. The van der Waals surface area contributed by atoms with E-state index in [-0.39, 0.29) is 25.0 Å². The molecular formula is C23H26Cl4N2O3. The van der Waals surface area contributed by atoms with Crippen molar-refractivity contribution in [2.45, 2.75) is 52.2 Å². The largest absolute Gasteiger partial charge is 0.482 e. The van der Waals surface area contributed by atoms with Gasteiger partial charge >= 0.3 is 0 Å². The minimum atomic E-state index is -0.708. The lowest BCUT2D eigenvalue weighted by molar-refractivity contribution is -0.143. The standard InChI is InChI=1S/C23H26Cl4N2O3/c1-5-19(22(31)28-23(2,3)4)29(12-14-6-8-16(25)17(26)10-14)21(30)13-32-20-9-7-15(24)11-18(20)27/h6-11,19H,5,12-13H2,1-4H3,(H,28,31). The summed E-state index contributed by atoms with van der Waals surface area (Å²) < 4.78 is 5.63. The molecule has 2 amide bonds. The fourth-order valence-corrected chi connectivity index (χ4v) is 3.81. The summed E-state index contributed by atoms with van der Waals surface area (Å²) in [7, 11) is 0. The summed E-state index contributed by atoms with van der Waals surface area (Å²) in [6, 6.07) is 9.12. The molecule has 0 heterocycles. The molecule has 0 fully saturated rings. The lowest BCUT2D eigenvalue weighted by Crippen LogP contribution is -2.54. The number of nitrogens with one attached hydrogen (secondary N) is 1. The van der Waals surface area contributed by atoms with Crippen LogP contribution in [0.3, 0.4) is 0 Å². The van der Waals surface area contributed by atoms with Crippen LogP contribution in [0, 0.1) is 0 Å². The van der Waals surface area contributed by atoms with Crippen molar-refractivity contribution in [2.75, 3.05) is 6.61 Å². The monoisotopic (exact) mass is 518 g/mol. The Morgan fingerprint density at radius 3 is 2.25 bits per heavy atom. The van der Waals surface area contributed by atoms with Crippen molar-refractivity contribution in [2.24, 2.45) is 0 Å². The summed E-state index contributed by atoms with van der Waals surface area (Å²) in [6.07, 6.45) is 0.413. The first-order chi connectivity index (χ1) is 14.9. The van der Waals surface area contributed by atoms with Gasteiger partial charge in [-0.3, -0.25) is 9.59 Å². The smallest absolute Gasteiger partial charge is 0.261 e. The topological polar surface area (TPSA) is 58.6 Å². The van der Waals surface area contributed by atoms with E-state index in [4.69, 9.17) is 51.1 Å². The van der Waals surface area contributed by atoms with Crippen LogP contribution >= 0.6 is 46.4 Å². The maximum Gasteiger partial charge on any atom is 0.261 e. The Morgan fingerprint density at radius 2 is 1.69 bits per heavy atom. The van der Waals surface area contributed by atoms with E-state index in [1.807, 2.05) is 27.7 Å². The lowest BCUT2D eigenvalue weighted by atomic mass is 10.1. The summed E-state index contributed by atoms with van der Waals surface area (Å²) >= 11 is 24.2. The number of carbonyl (C=O) groups is 2. The van der Waals surface area contributed by atoms with Crippen molar-refractivity contribution in [1.29, 1.82) is 0 Å². The average Bonchev–Trinajstić information content (AvgIpc) is 2.68. The maximum atomic E-state index is 13.2. The van der Waals surface area contributed by atoms with Gasteiger partial charge in [0.05, 0.1) is 15.1 Å². The zero-order valence-corrected chi connectivity index (χ0v) is 21.4. The van der Waals surface area contributed by atoms with E-state index in [0.29, 0.717) is 32.3 Å². The number of benzene rings is 2. The van der Waals surface area contributed by atoms with Gasteiger partial charge in [-0.2, -0.15) is 0 Å². The van der Waals surface area contributed by atoms with E-state index in [9.17, 15) is 9.59 Å². The second-order valence-electron chi connectivity index (χ2n) is 8.30. The van der Waals surface area contributed by atoms with E-state index < -0.39 is 11.6 Å². The molecule has 174 valence electrons. The van der Waals surface area contributed by atoms with E-state index in [1.54, 1.807) is 30.3 Å². The molecule has 32 heavy (non-hydrogen) atoms. The molecule has 0 aromatic heterocycles. The Morgan fingerprint density at radius 1 is 1.00 bits per heavy atom. The lowest BCUT2D eigenvalue weighted by Gasteiger charge is -2.33. The molecule has 1 N–H and O–H groups in total. The Labute approximate surface area is 208 Å². The number of ether oxygens (including phenoxy) is 1. The molecule has 9 heteroatoms. The van der Waals surface area contributed by atoms with Gasteiger partial charge in [0.2, 0.25) is 5.91 Å². The Kier molecular flexibility index (Phi) is 9.53. The van der Waals surface area contributed by atoms with Gasteiger partial charge < -0.3 is 15.0 Å². The third-order valence-corrected chi connectivity index (χ3v) is 5.74. The van der Waals surface area contributed by atoms with Crippen LogP contribution in [-0.2, 0) is 16.1 Å². The number of hydrogen-bond acceptors (Lipinski definition) is 3. The van der Waals surface area contributed by atoms with Crippen LogP contribution in [0.15, 0.2) is 36.4 Å². The van der Waals surface area contributed by atoms with E-state index in [2.05, 4.69) is 5.32 Å². The number of hydrogen-bond donors (Lipinski definition) is 1. The minimum Gasteiger partial charge on any atom is -0.482 e. The summed E-state index contributed by atoms with van der Waals surface area (Å²) in [4.78, 5) is 27.7.